The molecule has 0 aliphatic heterocycles. The van der Waals surface area contributed by atoms with Gasteiger partial charge >= 0.3 is 0 Å². The Kier molecular flexibility index (Phi) is 3.34. The van der Waals surface area contributed by atoms with Crippen LogP contribution in [0.25, 0.3) is 10.9 Å². The molecule has 22 heavy (non-hydrogen) atoms. The smallest absolute Gasteiger partial charge is 0.271 e. The van der Waals surface area contributed by atoms with Gasteiger partial charge in [-0.15, -0.1) is 0 Å². The van der Waals surface area contributed by atoms with E-state index in [2.05, 4.69) is 10.3 Å². The highest BCUT2D eigenvalue weighted by atomic mass is 16.6. The van der Waals surface area contributed by atoms with E-state index in [1.807, 2.05) is 19.1 Å². The molecule has 0 radical (unpaired) electrons. The lowest BCUT2D eigenvalue weighted by atomic mass is 10.1. The van der Waals surface area contributed by atoms with Crippen LogP contribution in [0.5, 0.6) is 5.75 Å². The van der Waals surface area contributed by atoms with Crippen molar-refractivity contribution in [1.29, 1.82) is 0 Å². The highest BCUT2D eigenvalue weighted by Crippen LogP contribution is 2.26. The van der Waals surface area contributed by atoms with Gasteiger partial charge in [0.05, 0.1) is 10.4 Å². The summed E-state index contributed by atoms with van der Waals surface area (Å²) < 4.78 is 0. The maximum atomic E-state index is 10.8. The second-order valence-electron chi connectivity index (χ2n) is 4.96. The number of aromatic nitrogens is 1. The van der Waals surface area contributed by atoms with Gasteiger partial charge in [0.2, 0.25) is 0 Å². The van der Waals surface area contributed by atoms with Crippen LogP contribution >= 0.6 is 0 Å². The van der Waals surface area contributed by atoms with Gasteiger partial charge in [-0.05, 0) is 36.8 Å². The van der Waals surface area contributed by atoms with Gasteiger partial charge < -0.3 is 10.4 Å². The van der Waals surface area contributed by atoms with Crippen LogP contribution in [0.15, 0.2) is 48.5 Å². The van der Waals surface area contributed by atoms with Gasteiger partial charge in [0.25, 0.3) is 5.69 Å². The minimum absolute atomic E-state index is 0.0140. The molecule has 1 heterocycles. The molecule has 3 rings (SSSR count). The number of fused-ring (bicyclic) bond motifs is 1. The summed E-state index contributed by atoms with van der Waals surface area (Å²) in [5.41, 5.74) is 2.26. The number of aryl methyl sites for hydroxylation is 1. The fraction of sp³-hybridized carbons (Fsp3) is 0.0625. The number of hydrogen-bond donors (Lipinski definition) is 2. The molecule has 1 aromatic heterocycles. The van der Waals surface area contributed by atoms with Gasteiger partial charge in [0.1, 0.15) is 11.6 Å². The van der Waals surface area contributed by atoms with Crippen molar-refractivity contribution in [2.75, 3.05) is 5.32 Å². The summed E-state index contributed by atoms with van der Waals surface area (Å²) in [6, 6.07) is 13.1. The third kappa shape index (κ3) is 2.67. The molecule has 0 saturated heterocycles. The van der Waals surface area contributed by atoms with Crippen LogP contribution < -0.4 is 5.32 Å². The van der Waals surface area contributed by atoms with E-state index in [0.29, 0.717) is 17.0 Å². The van der Waals surface area contributed by atoms with E-state index in [1.165, 1.54) is 12.1 Å². The van der Waals surface area contributed by atoms with E-state index in [9.17, 15) is 15.2 Å². The van der Waals surface area contributed by atoms with E-state index >= 15 is 0 Å². The molecule has 0 aliphatic carbocycles. The number of rotatable bonds is 3. The Balaban J connectivity index is 2.00. The molecule has 0 bridgehead atoms. The summed E-state index contributed by atoms with van der Waals surface area (Å²) in [4.78, 5) is 14.8. The molecule has 0 amide bonds. The summed E-state index contributed by atoms with van der Waals surface area (Å²) in [5.74, 6) is 0.711. The van der Waals surface area contributed by atoms with Crippen LogP contribution in [0.1, 0.15) is 5.56 Å². The average Bonchev–Trinajstić information content (AvgIpc) is 2.47. The highest BCUT2D eigenvalue weighted by Gasteiger charge is 2.08. The summed E-state index contributed by atoms with van der Waals surface area (Å²) in [6.45, 7) is 1.94. The Hall–Kier alpha value is -3.15. The zero-order valence-electron chi connectivity index (χ0n) is 11.8. The van der Waals surface area contributed by atoms with Crippen LogP contribution in [-0.4, -0.2) is 15.0 Å². The number of anilines is 2. The quantitative estimate of drug-likeness (QED) is 0.565. The van der Waals surface area contributed by atoms with Crippen molar-refractivity contribution in [3.63, 3.8) is 0 Å². The molecule has 2 N–H and O–H groups in total. The number of nitro benzene ring substituents is 1. The lowest BCUT2D eigenvalue weighted by Crippen LogP contribution is -1.96. The predicted octanol–water partition coefficient (Wildman–Crippen LogP) is 3.90. The Morgan fingerprint density at radius 1 is 1.18 bits per heavy atom. The summed E-state index contributed by atoms with van der Waals surface area (Å²) in [5, 5.41) is 24.4. The number of non-ortho nitro benzene ring substituents is 1. The largest absolute Gasteiger partial charge is 0.508 e. The zero-order valence-corrected chi connectivity index (χ0v) is 11.8. The highest BCUT2D eigenvalue weighted by molar-refractivity contribution is 5.85. The normalized spacial score (nSPS) is 10.6. The molecule has 0 spiro atoms. The van der Waals surface area contributed by atoms with Gasteiger partial charge in [-0.1, -0.05) is 6.07 Å². The van der Waals surface area contributed by atoms with Crippen molar-refractivity contribution in [2.24, 2.45) is 0 Å². The number of nitrogens with one attached hydrogen (secondary N) is 1. The predicted molar refractivity (Wildman–Crippen MR) is 84.5 cm³/mol. The molecule has 6 heteroatoms. The average molecular weight is 295 g/mol. The lowest BCUT2D eigenvalue weighted by molar-refractivity contribution is -0.384. The summed E-state index contributed by atoms with van der Waals surface area (Å²) in [7, 11) is 0. The van der Waals surface area contributed by atoms with Crippen molar-refractivity contribution < 1.29 is 10.0 Å². The number of nitro groups is 1. The van der Waals surface area contributed by atoms with E-state index in [4.69, 9.17) is 0 Å². The molecule has 0 aliphatic rings. The van der Waals surface area contributed by atoms with E-state index in [0.717, 1.165) is 10.9 Å². The number of pyridine rings is 1. The minimum atomic E-state index is -0.442. The monoisotopic (exact) mass is 295 g/mol. The first kappa shape index (κ1) is 13.8. The first-order valence-electron chi connectivity index (χ1n) is 6.65. The van der Waals surface area contributed by atoms with Gasteiger partial charge in [-0.25, -0.2) is 4.98 Å². The van der Waals surface area contributed by atoms with Crippen LogP contribution in [0.4, 0.5) is 17.2 Å². The molecule has 0 fully saturated rings. The standard InChI is InChI=1S/C16H13N3O3/c1-10-7-16(18-15-9-13(20)5-6-14(10)15)17-11-3-2-4-12(8-11)19(21)22/h2-9,20H,1H3,(H,17,18). The third-order valence-electron chi connectivity index (χ3n) is 3.33. The number of phenolic OH excluding ortho intramolecular Hbond substituents is 1. The van der Waals surface area contributed by atoms with Crippen molar-refractivity contribution in [3.05, 3.63) is 64.2 Å². The number of benzene rings is 2. The Bertz CT molecular complexity index is 878. The molecule has 0 atom stereocenters. The molecule has 0 saturated carbocycles. The van der Waals surface area contributed by atoms with E-state index in [1.54, 1.807) is 24.3 Å². The number of phenols is 1. The summed E-state index contributed by atoms with van der Waals surface area (Å²) in [6.07, 6.45) is 0. The summed E-state index contributed by atoms with van der Waals surface area (Å²) >= 11 is 0. The molecule has 2 aromatic carbocycles. The topological polar surface area (TPSA) is 88.3 Å². The van der Waals surface area contributed by atoms with Gasteiger partial charge in [0.15, 0.2) is 0 Å². The first-order chi connectivity index (χ1) is 10.5. The van der Waals surface area contributed by atoms with Crippen molar-refractivity contribution in [2.45, 2.75) is 6.92 Å². The molecule has 110 valence electrons. The first-order valence-corrected chi connectivity index (χ1v) is 6.65. The molecular weight excluding hydrogens is 282 g/mol. The van der Waals surface area contributed by atoms with Crippen LogP contribution in [0, 0.1) is 17.0 Å². The molecule has 3 aromatic rings. The van der Waals surface area contributed by atoms with Crippen molar-refractivity contribution >= 4 is 28.1 Å². The fourth-order valence-corrected chi connectivity index (χ4v) is 2.30. The Labute approximate surface area is 126 Å². The number of hydrogen-bond acceptors (Lipinski definition) is 5. The molecule has 6 nitrogen and oxygen atoms in total. The molecular formula is C16H13N3O3. The van der Waals surface area contributed by atoms with Crippen molar-refractivity contribution in [1.82, 2.24) is 4.98 Å². The van der Waals surface area contributed by atoms with Gasteiger partial charge in [0, 0.05) is 29.3 Å². The van der Waals surface area contributed by atoms with Gasteiger partial charge in [-0.2, -0.15) is 0 Å². The Morgan fingerprint density at radius 2 is 2.00 bits per heavy atom. The minimum Gasteiger partial charge on any atom is -0.508 e. The van der Waals surface area contributed by atoms with Crippen molar-refractivity contribution in [3.8, 4) is 5.75 Å². The van der Waals surface area contributed by atoms with Gasteiger partial charge in [-0.3, -0.25) is 10.1 Å². The van der Waals surface area contributed by atoms with E-state index < -0.39 is 4.92 Å². The van der Waals surface area contributed by atoms with Crippen LogP contribution in [0.2, 0.25) is 0 Å². The lowest BCUT2D eigenvalue weighted by Gasteiger charge is -2.09. The second-order valence-corrected chi connectivity index (χ2v) is 4.96. The number of aromatic hydroxyl groups is 1. The number of nitrogens with zero attached hydrogens (tertiary/aromatic N) is 2. The fourth-order valence-electron chi connectivity index (χ4n) is 2.30. The Morgan fingerprint density at radius 3 is 2.77 bits per heavy atom. The molecule has 0 unspecified atom stereocenters. The van der Waals surface area contributed by atoms with E-state index in [-0.39, 0.29) is 11.4 Å². The maximum Gasteiger partial charge on any atom is 0.271 e. The zero-order chi connectivity index (χ0) is 15.7. The third-order valence-corrected chi connectivity index (χ3v) is 3.33. The maximum absolute atomic E-state index is 10.8. The van der Waals surface area contributed by atoms with Crippen LogP contribution in [-0.2, 0) is 0 Å². The SMILES string of the molecule is Cc1cc(Nc2cccc([N+](=O)[O-])c2)nc2cc(O)ccc12. The second kappa shape index (κ2) is 5.33. The van der Waals surface area contributed by atoms with Crippen LogP contribution in [0.3, 0.4) is 0 Å².